The molecule has 6 aliphatic rings. The first-order valence-electron chi connectivity index (χ1n) is 13.3. The van der Waals surface area contributed by atoms with Crippen LogP contribution in [0, 0.1) is 35.5 Å². The van der Waals surface area contributed by atoms with Gasteiger partial charge in [0.1, 0.15) is 0 Å². The average Bonchev–Trinajstić information content (AvgIpc) is 3.69. The highest BCUT2D eigenvalue weighted by Crippen LogP contribution is 2.65. The van der Waals surface area contributed by atoms with Crippen molar-refractivity contribution >= 4 is 36.6 Å². The number of hydrogen-bond donors (Lipinski definition) is 0. The zero-order chi connectivity index (χ0) is 23.5. The largest absolute Gasteiger partial charge is 0.299 e. The van der Waals surface area contributed by atoms with Crippen LogP contribution >= 0.6 is 24.8 Å². The van der Waals surface area contributed by atoms with Crippen molar-refractivity contribution in [3.8, 4) is 0 Å². The third-order valence-electron chi connectivity index (χ3n) is 9.40. The van der Waals surface area contributed by atoms with Crippen molar-refractivity contribution in [1.82, 2.24) is 14.7 Å². The number of piperazine rings is 1. The predicted octanol–water partition coefficient (Wildman–Crippen LogP) is 4.29. The molecule has 2 saturated carbocycles. The van der Waals surface area contributed by atoms with E-state index < -0.39 is 0 Å². The fourth-order valence-electron chi connectivity index (χ4n) is 7.61. The van der Waals surface area contributed by atoms with Gasteiger partial charge >= 0.3 is 0 Å². The van der Waals surface area contributed by atoms with Gasteiger partial charge in [0, 0.05) is 39.3 Å². The van der Waals surface area contributed by atoms with E-state index in [-0.39, 0.29) is 54.5 Å². The number of likely N-dealkylation sites (tertiary alicyclic amines) is 1. The van der Waals surface area contributed by atoms with E-state index in [1.165, 1.54) is 17.5 Å². The van der Waals surface area contributed by atoms with Crippen LogP contribution in [0.25, 0.3) is 0 Å². The van der Waals surface area contributed by atoms with E-state index in [4.69, 9.17) is 0 Å². The maximum atomic E-state index is 13.3. The molecule has 2 amide bonds. The van der Waals surface area contributed by atoms with Gasteiger partial charge in [-0.3, -0.25) is 24.3 Å². The Morgan fingerprint density at radius 1 is 0.676 bits per heavy atom. The molecule has 37 heavy (non-hydrogen) atoms. The maximum Gasteiger partial charge on any atom is 0.233 e. The van der Waals surface area contributed by atoms with Crippen LogP contribution in [-0.2, 0) is 9.59 Å². The number of hydrogen-bond acceptors (Lipinski definition) is 4. The molecule has 5 nitrogen and oxygen atoms in total. The SMILES string of the molecule is Cl.Cl.O=C1C2C3C=CC(C4CC34)C2C(=O)N1CCN1CCN(C(c2ccccc2)c2ccccc2)CC1. The smallest absolute Gasteiger partial charge is 0.233 e. The Labute approximate surface area is 231 Å². The van der Waals surface area contributed by atoms with Gasteiger partial charge in [-0.15, -0.1) is 24.8 Å². The minimum atomic E-state index is -0.0735. The van der Waals surface area contributed by atoms with Crippen molar-refractivity contribution in [2.24, 2.45) is 35.5 Å². The van der Waals surface area contributed by atoms with Crippen molar-refractivity contribution in [2.75, 3.05) is 39.3 Å². The van der Waals surface area contributed by atoms with E-state index in [1.54, 1.807) is 4.90 Å². The molecule has 0 N–H and O–H groups in total. The molecule has 6 atom stereocenters. The Morgan fingerprint density at radius 3 is 1.65 bits per heavy atom. The van der Waals surface area contributed by atoms with Crippen LogP contribution in [-0.4, -0.2) is 65.8 Å². The summed E-state index contributed by atoms with van der Waals surface area (Å²) in [6, 6.07) is 21.8. The Balaban J connectivity index is 0.00000140. The second-order valence-electron chi connectivity index (χ2n) is 11.1. The number of carbonyl (C=O) groups is 2. The molecule has 4 aliphatic carbocycles. The lowest BCUT2D eigenvalue weighted by molar-refractivity contribution is -0.140. The summed E-state index contributed by atoms with van der Waals surface area (Å²) in [5.74, 6) is 2.02. The molecular weight excluding hydrogens is 505 g/mol. The number of amides is 2. The Hall–Kier alpha value is -2.18. The van der Waals surface area contributed by atoms with Gasteiger partial charge in [0.25, 0.3) is 0 Å². The fourth-order valence-corrected chi connectivity index (χ4v) is 7.61. The molecule has 7 heteroatoms. The third kappa shape index (κ3) is 4.44. The zero-order valence-corrected chi connectivity index (χ0v) is 22.5. The van der Waals surface area contributed by atoms with Crippen LogP contribution in [0.15, 0.2) is 72.8 Å². The lowest BCUT2D eigenvalue weighted by Crippen LogP contribution is -2.50. The molecule has 2 aromatic carbocycles. The van der Waals surface area contributed by atoms with Crippen molar-refractivity contribution < 1.29 is 9.59 Å². The number of allylic oxidation sites excluding steroid dienone is 2. The normalized spacial score (nSPS) is 32.1. The quantitative estimate of drug-likeness (QED) is 0.405. The number of benzene rings is 2. The van der Waals surface area contributed by atoms with Crippen LogP contribution in [0.3, 0.4) is 0 Å². The van der Waals surface area contributed by atoms with Gasteiger partial charge in [0.05, 0.1) is 17.9 Å². The molecule has 2 heterocycles. The van der Waals surface area contributed by atoms with Crippen LogP contribution in [0.4, 0.5) is 0 Å². The summed E-state index contributed by atoms with van der Waals surface area (Å²) in [7, 11) is 0. The lowest BCUT2D eigenvalue weighted by Gasteiger charge is -2.40. The molecule has 4 fully saturated rings. The highest BCUT2D eigenvalue weighted by Gasteiger charge is 2.66. The minimum Gasteiger partial charge on any atom is -0.299 e. The van der Waals surface area contributed by atoms with E-state index in [9.17, 15) is 9.59 Å². The zero-order valence-electron chi connectivity index (χ0n) is 20.9. The lowest BCUT2D eigenvalue weighted by atomic mass is 9.63. The van der Waals surface area contributed by atoms with Crippen molar-refractivity contribution in [1.29, 1.82) is 0 Å². The predicted molar refractivity (Wildman–Crippen MR) is 149 cm³/mol. The molecule has 2 aliphatic heterocycles. The Kier molecular flexibility index (Phi) is 7.52. The van der Waals surface area contributed by atoms with Gasteiger partial charge in [-0.1, -0.05) is 72.8 Å². The van der Waals surface area contributed by atoms with Gasteiger partial charge in [0.2, 0.25) is 11.8 Å². The fraction of sp³-hybridized carbons (Fsp3) is 0.467. The highest BCUT2D eigenvalue weighted by molar-refractivity contribution is 6.06. The Bertz CT molecular complexity index is 1080. The van der Waals surface area contributed by atoms with E-state index in [2.05, 4.69) is 82.6 Å². The topological polar surface area (TPSA) is 43.9 Å². The monoisotopic (exact) mass is 539 g/mol. The molecular formula is C30H35Cl2N3O2. The van der Waals surface area contributed by atoms with E-state index >= 15 is 0 Å². The standard InChI is InChI=1S/C30H33N3O2.2ClH/c34-29-26-22-11-12-23(25-19-24(22)25)27(26)30(35)33(29)18-15-31-13-16-32(17-14-31)28(20-7-3-1-4-8-20)21-9-5-2-6-10-21;;/h1-12,22-28H,13-19H2;2*1H. The summed E-state index contributed by atoms with van der Waals surface area (Å²) in [6.45, 7) is 5.17. The molecule has 0 radical (unpaired) electrons. The van der Waals surface area contributed by atoms with Crippen LogP contribution in [0.5, 0.6) is 0 Å². The summed E-state index contributed by atoms with van der Waals surface area (Å²) < 4.78 is 0. The number of halogens is 2. The number of carbonyl (C=O) groups excluding carboxylic acids is 2. The summed E-state index contributed by atoms with van der Waals surface area (Å²) in [5.41, 5.74) is 2.65. The molecule has 0 aromatic heterocycles. The molecule has 8 rings (SSSR count). The summed E-state index contributed by atoms with van der Waals surface area (Å²) in [4.78, 5) is 33.2. The van der Waals surface area contributed by atoms with Gasteiger partial charge in [0.15, 0.2) is 0 Å². The van der Waals surface area contributed by atoms with Gasteiger partial charge in [-0.2, -0.15) is 0 Å². The van der Waals surface area contributed by atoms with Gasteiger partial charge < -0.3 is 0 Å². The molecule has 2 saturated heterocycles. The first-order chi connectivity index (χ1) is 17.2. The maximum absolute atomic E-state index is 13.3. The van der Waals surface area contributed by atoms with E-state index in [1.807, 2.05) is 0 Å². The van der Waals surface area contributed by atoms with Crippen LogP contribution < -0.4 is 0 Å². The molecule has 2 aromatic rings. The minimum absolute atomic E-state index is 0. The van der Waals surface area contributed by atoms with Gasteiger partial charge in [-0.05, 0) is 41.2 Å². The summed E-state index contributed by atoms with van der Waals surface area (Å²) in [6.07, 6.45) is 5.72. The summed E-state index contributed by atoms with van der Waals surface area (Å²) >= 11 is 0. The first-order valence-corrected chi connectivity index (χ1v) is 13.3. The molecule has 2 bridgehead atoms. The number of imide groups is 1. The Morgan fingerprint density at radius 2 is 1.16 bits per heavy atom. The number of nitrogens with zero attached hydrogens (tertiary/aromatic N) is 3. The highest BCUT2D eigenvalue weighted by atomic mass is 35.5. The molecule has 6 unspecified atom stereocenters. The first kappa shape index (κ1) is 26.4. The second-order valence-corrected chi connectivity index (χ2v) is 11.1. The van der Waals surface area contributed by atoms with E-state index in [0.717, 1.165) is 32.7 Å². The molecule has 0 spiro atoms. The second kappa shape index (κ2) is 10.5. The average molecular weight is 541 g/mol. The third-order valence-corrected chi connectivity index (χ3v) is 9.40. The number of rotatable bonds is 6. The van der Waals surface area contributed by atoms with Crippen molar-refractivity contribution in [2.45, 2.75) is 12.5 Å². The van der Waals surface area contributed by atoms with Gasteiger partial charge in [-0.25, -0.2) is 0 Å². The van der Waals surface area contributed by atoms with Crippen molar-refractivity contribution in [3.05, 3.63) is 83.9 Å². The van der Waals surface area contributed by atoms with Crippen molar-refractivity contribution in [3.63, 3.8) is 0 Å². The van der Waals surface area contributed by atoms with Crippen LogP contribution in [0.2, 0.25) is 0 Å². The summed E-state index contributed by atoms with van der Waals surface area (Å²) in [5, 5.41) is 0. The van der Waals surface area contributed by atoms with Crippen LogP contribution in [0.1, 0.15) is 23.6 Å². The molecule has 196 valence electrons. The van der Waals surface area contributed by atoms with E-state index in [0.29, 0.717) is 30.2 Å².